The van der Waals surface area contributed by atoms with E-state index >= 15 is 0 Å². The van der Waals surface area contributed by atoms with E-state index in [9.17, 15) is 18.5 Å². The first kappa shape index (κ1) is 18.6. The Hall–Kier alpha value is -3.20. The third kappa shape index (κ3) is 3.68. The first-order valence-electron chi connectivity index (χ1n) is 8.14. The molecule has 0 saturated heterocycles. The van der Waals surface area contributed by atoms with Gasteiger partial charge in [0.2, 0.25) is 0 Å². The highest BCUT2D eigenvalue weighted by atomic mass is 32.2. The van der Waals surface area contributed by atoms with Crippen LogP contribution in [0.1, 0.15) is 23.8 Å². The van der Waals surface area contributed by atoms with E-state index in [1.807, 2.05) is 31.2 Å². The van der Waals surface area contributed by atoms with Gasteiger partial charge in [-0.15, -0.1) is 0 Å². The van der Waals surface area contributed by atoms with Crippen molar-refractivity contribution in [3.8, 4) is 0 Å². The fourth-order valence-electron chi connectivity index (χ4n) is 2.69. The monoisotopic (exact) mass is 387 g/mol. The third-order valence-electron chi connectivity index (χ3n) is 4.09. The Bertz CT molecular complexity index is 1150. The van der Waals surface area contributed by atoms with E-state index in [-0.39, 0.29) is 10.6 Å². The highest BCUT2D eigenvalue weighted by molar-refractivity contribution is 7.89. The summed E-state index contributed by atoms with van der Waals surface area (Å²) in [4.78, 5) is 12.3. The van der Waals surface area contributed by atoms with E-state index in [1.165, 1.54) is 25.3 Å². The molecule has 0 aliphatic carbocycles. The van der Waals surface area contributed by atoms with E-state index < -0.39 is 14.9 Å². The van der Waals surface area contributed by atoms with Crippen LogP contribution in [0.4, 0.5) is 5.69 Å². The Morgan fingerprint density at radius 3 is 2.70 bits per heavy atom. The maximum Gasteiger partial charge on any atom is 0.276 e. The predicted octanol–water partition coefficient (Wildman–Crippen LogP) is 3.52. The number of rotatable bonds is 6. The number of fused-ring (bicyclic) bond motifs is 1. The number of benzene rings is 2. The summed E-state index contributed by atoms with van der Waals surface area (Å²) in [6.07, 6.45) is 2.00. The van der Waals surface area contributed by atoms with Crippen LogP contribution in [0.25, 0.3) is 11.0 Å². The second-order valence-electron chi connectivity index (χ2n) is 5.85. The van der Waals surface area contributed by atoms with Crippen molar-refractivity contribution in [3.05, 3.63) is 69.5 Å². The van der Waals surface area contributed by atoms with Crippen LogP contribution in [0.5, 0.6) is 0 Å². The fraction of sp³-hybridized carbons (Fsp3) is 0.167. The molecule has 27 heavy (non-hydrogen) atoms. The number of aryl methyl sites for hydroxylation is 2. The molecule has 0 fully saturated rings. The molecule has 0 aliphatic heterocycles. The molecule has 0 radical (unpaired) electrons. The van der Waals surface area contributed by atoms with Gasteiger partial charge in [-0.25, -0.2) is 4.83 Å². The minimum absolute atomic E-state index is 0.232. The van der Waals surface area contributed by atoms with E-state index in [1.54, 1.807) is 0 Å². The summed E-state index contributed by atoms with van der Waals surface area (Å²) in [5.74, 6) is 0.685. The normalized spacial score (nSPS) is 11.9. The van der Waals surface area contributed by atoms with Gasteiger partial charge in [-0.05, 0) is 19.1 Å². The molecule has 1 aromatic heterocycles. The Kier molecular flexibility index (Phi) is 4.95. The molecule has 3 rings (SSSR count). The SMILES string of the molecule is CCc1oc2ccccc2c1/C=N\NS(=O)(=O)c1ccc(C)c([N+](=O)[O-])c1. The van der Waals surface area contributed by atoms with Crippen LogP contribution in [0.2, 0.25) is 0 Å². The minimum Gasteiger partial charge on any atom is -0.460 e. The first-order valence-corrected chi connectivity index (χ1v) is 9.62. The third-order valence-corrected chi connectivity index (χ3v) is 5.31. The van der Waals surface area contributed by atoms with Crippen molar-refractivity contribution in [1.29, 1.82) is 0 Å². The van der Waals surface area contributed by atoms with Crippen molar-refractivity contribution < 1.29 is 17.8 Å². The molecule has 1 N–H and O–H groups in total. The Morgan fingerprint density at radius 2 is 2.00 bits per heavy atom. The number of nitrogens with zero attached hydrogens (tertiary/aromatic N) is 2. The number of nitro benzene ring substituents is 1. The molecule has 3 aromatic rings. The van der Waals surface area contributed by atoms with Gasteiger partial charge in [0, 0.05) is 29.0 Å². The largest absolute Gasteiger partial charge is 0.460 e. The van der Waals surface area contributed by atoms with Crippen LogP contribution in [0.3, 0.4) is 0 Å². The maximum atomic E-state index is 12.4. The average Bonchev–Trinajstić information content (AvgIpc) is 2.99. The van der Waals surface area contributed by atoms with Gasteiger partial charge in [0.05, 0.1) is 16.0 Å². The lowest BCUT2D eigenvalue weighted by atomic mass is 10.1. The number of nitrogens with one attached hydrogen (secondary N) is 1. The van der Waals surface area contributed by atoms with Gasteiger partial charge in [0.1, 0.15) is 11.3 Å². The summed E-state index contributed by atoms with van der Waals surface area (Å²) in [5.41, 5.74) is 1.48. The number of sulfonamides is 1. The van der Waals surface area contributed by atoms with Gasteiger partial charge in [-0.1, -0.05) is 31.2 Å². The highest BCUT2D eigenvalue weighted by Crippen LogP contribution is 2.25. The lowest BCUT2D eigenvalue weighted by molar-refractivity contribution is -0.385. The molecule has 0 aliphatic rings. The molecule has 2 aromatic carbocycles. The number of para-hydroxylation sites is 1. The lowest BCUT2D eigenvalue weighted by Crippen LogP contribution is -2.18. The van der Waals surface area contributed by atoms with Crippen molar-refractivity contribution in [1.82, 2.24) is 4.83 Å². The second-order valence-corrected chi connectivity index (χ2v) is 7.51. The molecular weight excluding hydrogens is 370 g/mol. The Labute approximate surface area is 155 Å². The topological polar surface area (TPSA) is 115 Å². The number of furan rings is 1. The molecule has 1 heterocycles. The zero-order chi connectivity index (χ0) is 19.6. The van der Waals surface area contributed by atoms with Gasteiger partial charge in [-0.3, -0.25) is 10.1 Å². The first-order chi connectivity index (χ1) is 12.8. The second kappa shape index (κ2) is 7.20. The summed E-state index contributed by atoms with van der Waals surface area (Å²) >= 11 is 0. The van der Waals surface area contributed by atoms with Crippen LogP contribution in [-0.4, -0.2) is 19.6 Å². The van der Waals surface area contributed by atoms with Gasteiger partial charge in [-0.2, -0.15) is 13.5 Å². The summed E-state index contributed by atoms with van der Waals surface area (Å²) < 4.78 is 30.5. The van der Waals surface area contributed by atoms with Crippen molar-refractivity contribution >= 4 is 32.9 Å². The molecule has 0 bridgehead atoms. The number of nitro groups is 1. The minimum atomic E-state index is -4.04. The Balaban J connectivity index is 1.90. The van der Waals surface area contributed by atoms with E-state index in [0.29, 0.717) is 28.9 Å². The number of hydrogen-bond acceptors (Lipinski definition) is 6. The molecule has 0 unspecified atom stereocenters. The number of hydrogen-bond donors (Lipinski definition) is 1. The molecule has 0 atom stereocenters. The van der Waals surface area contributed by atoms with Crippen molar-refractivity contribution in [2.24, 2.45) is 5.10 Å². The molecule has 9 heteroatoms. The van der Waals surface area contributed by atoms with Crippen LogP contribution in [0, 0.1) is 17.0 Å². The van der Waals surface area contributed by atoms with Gasteiger partial charge in [0.15, 0.2) is 0 Å². The quantitative estimate of drug-likeness (QED) is 0.395. The van der Waals surface area contributed by atoms with Crippen LogP contribution < -0.4 is 4.83 Å². The van der Waals surface area contributed by atoms with E-state index in [4.69, 9.17) is 4.42 Å². The summed E-state index contributed by atoms with van der Waals surface area (Å²) in [6, 6.07) is 11.1. The van der Waals surface area contributed by atoms with Crippen LogP contribution >= 0.6 is 0 Å². The van der Waals surface area contributed by atoms with Gasteiger partial charge < -0.3 is 4.42 Å². The van der Waals surface area contributed by atoms with Crippen LogP contribution in [0.15, 0.2) is 56.9 Å². The van der Waals surface area contributed by atoms with E-state index in [2.05, 4.69) is 9.93 Å². The fourth-order valence-corrected chi connectivity index (χ4v) is 3.50. The van der Waals surface area contributed by atoms with E-state index in [0.717, 1.165) is 11.5 Å². The summed E-state index contributed by atoms with van der Waals surface area (Å²) in [6.45, 7) is 3.46. The molecule has 140 valence electrons. The Morgan fingerprint density at radius 1 is 1.26 bits per heavy atom. The number of hydrazone groups is 1. The lowest BCUT2D eigenvalue weighted by Gasteiger charge is -2.04. The zero-order valence-electron chi connectivity index (χ0n) is 14.7. The molecule has 0 amide bonds. The standard InChI is InChI=1S/C18H17N3O5S/c1-3-17-15(14-6-4-5-7-18(14)26-17)11-19-20-27(24,25)13-9-8-12(2)16(10-13)21(22)23/h4-11,20H,3H2,1-2H3/b19-11-. The molecular formula is C18H17N3O5S. The van der Waals surface area contributed by atoms with Gasteiger partial charge >= 0.3 is 0 Å². The molecule has 0 saturated carbocycles. The van der Waals surface area contributed by atoms with Crippen molar-refractivity contribution in [3.63, 3.8) is 0 Å². The van der Waals surface area contributed by atoms with Crippen molar-refractivity contribution in [2.75, 3.05) is 0 Å². The van der Waals surface area contributed by atoms with Crippen LogP contribution in [-0.2, 0) is 16.4 Å². The predicted molar refractivity (Wildman–Crippen MR) is 101 cm³/mol. The zero-order valence-corrected chi connectivity index (χ0v) is 15.5. The smallest absolute Gasteiger partial charge is 0.276 e. The summed E-state index contributed by atoms with van der Waals surface area (Å²) in [7, 11) is -4.04. The van der Waals surface area contributed by atoms with Gasteiger partial charge in [0.25, 0.3) is 15.7 Å². The summed E-state index contributed by atoms with van der Waals surface area (Å²) in [5, 5.41) is 15.7. The van der Waals surface area contributed by atoms with Crippen molar-refractivity contribution in [2.45, 2.75) is 25.2 Å². The molecule has 8 nitrogen and oxygen atoms in total. The maximum absolute atomic E-state index is 12.4. The highest BCUT2D eigenvalue weighted by Gasteiger charge is 2.19. The average molecular weight is 387 g/mol. The molecule has 0 spiro atoms.